The van der Waals surface area contributed by atoms with E-state index in [0.717, 1.165) is 0 Å². The van der Waals surface area contributed by atoms with Crippen LogP contribution in [-0.2, 0) is 9.47 Å². The molecule has 96 valence electrons. The van der Waals surface area contributed by atoms with Crippen molar-refractivity contribution in [3.05, 3.63) is 24.5 Å². The minimum atomic E-state index is -0.636. The molecule has 0 amide bonds. The molecule has 0 aliphatic heterocycles. The van der Waals surface area contributed by atoms with Crippen LogP contribution >= 0.6 is 0 Å². The van der Waals surface area contributed by atoms with Crippen LogP contribution in [0.1, 0.15) is 26.0 Å². The summed E-state index contributed by atoms with van der Waals surface area (Å²) >= 11 is 0. The summed E-state index contributed by atoms with van der Waals surface area (Å²) in [5.41, 5.74) is 0.590. The zero-order valence-corrected chi connectivity index (χ0v) is 10.2. The van der Waals surface area contributed by atoms with Crippen molar-refractivity contribution in [3.8, 4) is 11.5 Å². The molecule has 0 saturated heterocycles. The van der Waals surface area contributed by atoms with Gasteiger partial charge in [-0.15, -0.1) is 0 Å². The Hall–Kier alpha value is -1.86. The Morgan fingerprint density at radius 3 is 2.67 bits per heavy atom. The smallest absolute Gasteiger partial charge is 0.284 e. The van der Waals surface area contributed by atoms with E-state index < -0.39 is 6.29 Å². The highest BCUT2D eigenvalue weighted by Crippen LogP contribution is 2.20. The minimum absolute atomic E-state index is 0.285. The standard InChI is InChI=1S/C11H14N4O3/c1-3-16-11(17-4-2)10-14-9(15-18-10)8-5-6-12-7-13-8/h5-7,11H,3-4H2,1-2H3. The van der Waals surface area contributed by atoms with Gasteiger partial charge in [0, 0.05) is 19.4 Å². The Bertz CT molecular complexity index is 468. The minimum Gasteiger partial charge on any atom is -0.345 e. The van der Waals surface area contributed by atoms with Gasteiger partial charge in [0.25, 0.3) is 5.89 Å². The van der Waals surface area contributed by atoms with Crippen molar-refractivity contribution in [2.75, 3.05) is 13.2 Å². The number of nitrogens with zero attached hydrogens (tertiary/aromatic N) is 4. The number of hydrogen-bond donors (Lipinski definition) is 0. The van der Waals surface area contributed by atoms with Crippen molar-refractivity contribution in [1.82, 2.24) is 20.1 Å². The third-order valence-electron chi connectivity index (χ3n) is 2.09. The van der Waals surface area contributed by atoms with Gasteiger partial charge in [-0.2, -0.15) is 4.98 Å². The second-order valence-corrected chi connectivity index (χ2v) is 3.29. The molecule has 0 aromatic carbocycles. The maximum Gasteiger partial charge on any atom is 0.284 e. The van der Waals surface area contributed by atoms with E-state index in [9.17, 15) is 0 Å². The van der Waals surface area contributed by atoms with Gasteiger partial charge in [-0.25, -0.2) is 9.97 Å². The first-order valence-corrected chi connectivity index (χ1v) is 5.68. The number of ether oxygens (including phenoxy) is 2. The molecule has 2 aromatic rings. The molecule has 0 spiro atoms. The highest BCUT2D eigenvalue weighted by atomic mass is 16.7. The third kappa shape index (κ3) is 2.88. The Labute approximate surface area is 104 Å². The van der Waals surface area contributed by atoms with Gasteiger partial charge in [-0.3, -0.25) is 0 Å². The first-order chi connectivity index (χ1) is 8.85. The van der Waals surface area contributed by atoms with E-state index in [1.807, 2.05) is 13.8 Å². The number of hydrogen-bond acceptors (Lipinski definition) is 7. The van der Waals surface area contributed by atoms with Gasteiger partial charge < -0.3 is 14.0 Å². The fourth-order valence-electron chi connectivity index (χ4n) is 1.35. The summed E-state index contributed by atoms with van der Waals surface area (Å²) in [5.74, 6) is 0.670. The molecule has 7 nitrogen and oxygen atoms in total. The SMILES string of the molecule is CCOC(OCC)c1nc(-c2ccncn2)no1. The molecule has 7 heteroatoms. The van der Waals surface area contributed by atoms with Crippen molar-refractivity contribution in [1.29, 1.82) is 0 Å². The van der Waals surface area contributed by atoms with Crippen LogP contribution in [0.2, 0.25) is 0 Å². The highest BCUT2D eigenvalue weighted by Gasteiger charge is 2.20. The average Bonchev–Trinajstić information content (AvgIpc) is 2.89. The predicted octanol–water partition coefficient (Wildman–Crippen LogP) is 1.60. The third-order valence-corrected chi connectivity index (χ3v) is 2.09. The fourth-order valence-corrected chi connectivity index (χ4v) is 1.35. The zero-order chi connectivity index (χ0) is 12.8. The summed E-state index contributed by atoms with van der Waals surface area (Å²) in [4.78, 5) is 12.1. The van der Waals surface area contributed by atoms with E-state index >= 15 is 0 Å². The molecule has 2 heterocycles. The van der Waals surface area contributed by atoms with Gasteiger partial charge in [-0.05, 0) is 19.9 Å². The van der Waals surface area contributed by atoms with E-state index in [2.05, 4.69) is 20.1 Å². The molecular weight excluding hydrogens is 236 g/mol. The Morgan fingerprint density at radius 2 is 2.06 bits per heavy atom. The Balaban J connectivity index is 2.18. The molecular formula is C11H14N4O3. The molecule has 0 saturated carbocycles. The lowest BCUT2D eigenvalue weighted by molar-refractivity contribution is -0.155. The van der Waals surface area contributed by atoms with Crippen LogP contribution in [-0.4, -0.2) is 33.3 Å². The summed E-state index contributed by atoms with van der Waals surface area (Å²) in [7, 11) is 0. The van der Waals surface area contributed by atoms with Crippen molar-refractivity contribution in [2.45, 2.75) is 20.1 Å². The van der Waals surface area contributed by atoms with E-state index in [-0.39, 0.29) is 5.89 Å². The second kappa shape index (κ2) is 6.18. The quantitative estimate of drug-likeness (QED) is 0.720. The van der Waals surface area contributed by atoms with Crippen molar-refractivity contribution >= 4 is 0 Å². The fraction of sp³-hybridized carbons (Fsp3) is 0.455. The van der Waals surface area contributed by atoms with Crippen LogP contribution in [0.25, 0.3) is 11.5 Å². The summed E-state index contributed by atoms with van der Waals surface area (Å²) < 4.78 is 15.8. The molecule has 0 aliphatic carbocycles. The number of aromatic nitrogens is 4. The Kier molecular flexibility index (Phi) is 4.32. The normalized spacial score (nSPS) is 11.1. The lowest BCUT2D eigenvalue weighted by Gasteiger charge is -2.11. The van der Waals surface area contributed by atoms with Crippen molar-refractivity contribution < 1.29 is 14.0 Å². The molecule has 0 fully saturated rings. The van der Waals surface area contributed by atoms with Gasteiger partial charge >= 0.3 is 0 Å². The second-order valence-electron chi connectivity index (χ2n) is 3.29. The molecule has 2 rings (SSSR count). The maximum atomic E-state index is 5.37. The van der Waals surface area contributed by atoms with Gasteiger partial charge in [0.1, 0.15) is 12.0 Å². The van der Waals surface area contributed by atoms with Gasteiger partial charge in [-0.1, -0.05) is 5.16 Å². The van der Waals surface area contributed by atoms with Gasteiger partial charge in [0.2, 0.25) is 12.1 Å². The molecule has 0 aliphatic rings. The van der Waals surface area contributed by atoms with Gasteiger partial charge in [0.15, 0.2) is 0 Å². The highest BCUT2D eigenvalue weighted by molar-refractivity contribution is 5.46. The topological polar surface area (TPSA) is 83.2 Å². The predicted molar refractivity (Wildman–Crippen MR) is 61.3 cm³/mol. The first-order valence-electron chi connectivity index (χ1n) is 5.68. The molecule has 0 unspecified atom stereocenters. The summed E-state index contributed by atoms with van der Waals surface area (Å²) in [5, 5.41) is 3.84. The average molecular weight is 250 g/mol. The zero-order valence-electron chi connectivity index (χ0n) is 10.2. The molecule has 2 aromatic heterocycles. The molecule has 0 atom stereocenters. The summed E-state index contributed by atoms with van der Waals surface area (Å²) in [6.45, 7) is 4.73. The van der Waals surface area contributed by atoms with E-state index in [0.29, 0.717) is 24.7 Å². The van der Waals surface area contributed by atoms with Crippen LogP contribution in [0.3, 0.4) is 0 Å². The lowest BCUT2D eigenvalue weighted by Crippen LogP contribution is -2.09. The molecule has 0 bridgehead atoms. The maximum absolute atomic E-state index is 5.37. The van der Waals surface area contributed by atoms with Crippen LogP contribution in [0.15, 0.2) is 23.1 Å². The molecule has 0 radical (unpaired) electrons. The number of rotatable bonds is 6. The molecule has 18 heavy (non-hydrogen) atoms. The van der Waals surface area contributed by atoms with Crippen molar-refractivity contribution in [3.63, 3.8) is 0 Å². The van der Waals surface area contributed by atoms with Crippen LogP contribution in [0.4, 0.5) is 0 Å². The Morgan fingerprint density at radius 1 is 1.28 bits per heavy atom. The van der Waals surface area contributed by atoms with E-state index in [1.165, 1.54) is 6.33 Å². The van der Waals surface area contributed by atoms with E-state index in [1.54, 1.807) is 12.3 Å². The molecule has 0 N–H and O–H groups in total. The van der Waals surface area contributed by atoms with Crippen LogP contribution in [0, 0.1) is 0 Å². The summed E-state index contributed by atoms with van der Waals surface area (Å²) in [6.07, 6.45) is 2.40. The van der Waals surface area contributed by atoms with Crippen molar-refractivity contribution in [2.24, 2.45) is 0 Å². The van der Waals surface area contributed by atoms with Gasteiger partial charge in [0.05, 0.1) is 0 Å². The monoisotopic (exact) mass is 250 g/mol. The summed E-state index contributed by atoms with van der Waals surface area (Å²) in [6, 6.07) is 1.70. The van der Waals surface area contributed by atoms with E-state index in [4.69, 9.17) is 14.0 Å². The van der Waals surface area contributed by atoms with Crippen LogP contribution < -0.4 is 0 Å². The lowest BCUT2D eigenvalue weighted by atomic mass is 10.4. The largest absolute Gasteiger partial charge is 0.345 e. The van der Waals surface area contributed by atoms with Crippen LogP contribution in [0.5, 0.6) is 0 Å². The first kappa shape index (κ1) is 12.6.